The summed E-state index contributed by atoms with van der Waals surface area (Å²) in [6.07, 6.45) is 0.0759. The van der Waals surface area contributed by atoms with Crippen molar-refractivity contribution in [1.29, 1.82) is 0 Å². The number of rotatable bonds is 4. The maximum Gasteiger partial charge on any atom is 0.336 e. The molecular formula is C21H22O7. The van der Waals surface area contributed by atoms with E-state index in [1.165, 1.54) is 13.0 Å². The van der Waals surface area contributed by atoms with Crippen LogP contribution in [0.4, 0.5) is 0 Å². The molecule has 1 aromatic heterocycles. The van der Waals surface area contributed by atoms with Crippen molar-refractivity contribution in [3.63, 3.8) is 0 Å². The monoisotopic (exact) mass is 386 g/mol. The number of fused-ring (bicyclic) bond motifs is 2. The molecule has 28 heavy (non-hydrogen) atoms. The zero-order chi connectivity index (χ0) is 20.6. The van der Waals surface area contributed by atoms with Gasteiger partial charge in [-0.25, -0.2) is 9.59 Å². The van der Waals surface area contributed by atoms with Crippen molar-refractivity contribution in [1.82, 2.24) is 0 Å². The summed E-state index contributed by atoms with van der Waals surface area (Å²) in [5.41, 5.74) is -0.138. The molecule has 1 aromatic carbocycles. The van der Waals surface area contributed by atoms with Crippen molar-refractivity contribution < 1.29 is 28.2 Å². The highest BCUT2D eigenvalue weighted by Gasteiger charge is 2.49. The van der Waals surface area contributed by atoms with Gasteiger partial charge in [-0.15, -0.1) is 0 Å². The van der Waals surface area contributed by atoms with Crippen LogP contribution in [0.25, 0.3) is 11.0 Å². The lowest BCUT2D eigenvalue weighted by Crippen LogP contribution is -2.46. The molecule has 2 unspecified atom stereocenters. The highest BCUT2D eigenvalue weighted by Crippen LogP contribution is 2.45. The minimum atomic E-state index is -1.08. The lowest BCUT2D eigenvalue weighted by Gasteiger charge is -2.33. The highest BCUT2D eigenvalue weighted by atomic mass is 16.6. The molecule has 0 radical (unpaired) electrons. The summed E-state index contributed by atoms with van der Waals surface area (Å²) in [7, 11) is 0. The largest absolute Gasteiger partial charge is 0.481 e. The van der Waals surface area contributed by atoms with E-state index in [2.05, 4.69) is 0 Å². The summed E-state index contributed by atoms with van der Waals surface area (Å²) in [4.78, 5) is 35.5. The van der Waals surface area contributed by atoms with Gasteiger partial charge in [0.05, 0.1) is 0 Å². The molecule has 0 bridgehead atoms. The normalized spacial score (nSPS) is 19.1. The standard InChI is InChI=1S/C21H22O7/c1-6-11(2)20(24)27-18-14-9-13-7-8-17(23)25-15(13)10-16(14)26-19(18)21(4,5)28-12(3)22/h6-10,18-19H,1-5H3. The fourth-order valence-corrected chi connectivity index (χ4v) is 3.19. The van der Waals surface area contributed by atoms with Crippen molar-refractivity contribution in [2.24, 2.45) is 0 Å². The van der Waals surface area contributed by atoms with E-state index in [-0.39, 0.29) is 0 Å². The number of ether oxygens (including phenoxy) is 3. The maximum atomic E-state index is 12.4. The summed E-state index contributed by atoms with van der Waals surface area (Å²) in [6, 6.07) is 6.28. The second-order valence-electron chi connectivity index (χ2n) is 7.22. The molecule has 148 valence electrons. The molecule has 0 fully saturated rings. The van der Waals surface area contributed by atoms with Crippen LogP contribution < -0.4 is 10.4 Å². The van der Waals surface area contributed by atoms with Crippen LogP contribution in [0, 0.1) is 0 Å². The van der Waals surface area contributed by atoms with Crippen LogP contribution in [0.5, 0.6) is 5.75 Å². The SMILES string of the molecule is CC=C(C)C(=O)OC1c2cc3ccc(=O)oc3cc2OC1C(C)(C)OC(C)=O. The summed E-state index contributed by atoms with van der Waals surface area (Å²) in [5, 5.41) is 0.664. The van der Waals surface area contributed by atoms with Gasteiger partial charge in [-0.3, -0.25) is 4.79 Å². The Hall–Kier alpha value is -3.09. The number of carbonyl (C=O) groups excluding carboxylic acids is 2. The molecule has 0 spiro atoms. The Morgan fingerprint density at radius 2 is 1.89 bits per heavy atom. The maximum absolute atomic E-state index is 12.4. The Kier molecular flexibility index (Phi) is 5.02. The second kappa shape index (κ2) is 7.14. The predicted octanol–water partition coefficient (Wildman–Crippen LogP) is 3.45. The fraction of sp³-hybridized carbons (Fsp3) is 0.381. The van der Waals surface area contributed by atoms with Crippen LogP contribution >= 0.6 is 0 Å². The van der Waals surface area contributed by atoms with Gasteiger partial charge in [-0.1, -0.05) is 6.08 Å². The quantitative estimate of drug-likeness (QED) is 0.451. The third-order valence-electron chi connectivity index (χ3n) is 4.67. The van der Waals surface area contributed by atoms with E-state index >= 15 is 0 Å². The van der Waals surface area contributed by atoms with Crippen LogP contribution in [0.15, 0.2) is 45.1 Å². The molecule has 0 saturated heterocycles. The van der Waals surface area contributed by atoms with E-state index in [4.69, 9.17) is 18.6 Å². The Morgan fingerprint density at radius 1 is 1.18 bits per heavy atom. The number of allylic oxidation sites excluding steroid dienone is 1. The molecule has 0 N–H and O–H groups in total. The summed E-state index contributed by atoms with van der Waals surface area (Å²) < 4.78 is 22.4. The van der Waals surface area contributed by atoms with Gasteiger partial charge in [-0.2, -0.15) is 0 Å². The van der Waals surface area contributed by atoms with Crippen LogP contribution in [-0.2, 0) is 19.1 Å². The highest BCUT2D eigenvalue weighted by molar-refractivity contribution is 5.88. The summed E-state index contributed by atoms with van der Waals surface area (Å²) in [5.74, 6) is -0.564. The van der Waals surface area contributed by atoms with Crippen LogP contribution in [0.3, 0.4) is 0 Å². The van der Waals surface area contributed by atoms with Crippen LogP contribution in [0.1, 0.15) is 46.3 Å². The lowest BCUT2D eigenvalue weighted by atomic mass is 9.93. The fourth-order valence-electron chi connectivity index (χ4n) is 3.19. The Labute approximate surface area is 161 Å². The first-order chi connectivity index (χ1) is 13.1. The molecule has 0 aliphatic carbocycles. The first-order valence-electron chi connectivity index (χ1n) is 8.90. The molecule has 3 rings (SSSR count). The first-order valence-corrected chi connectivity index (χ1v) is 8.90. The molecule has 0 saturated carbocycles. The van der Waals surface area contributed by atoms with Crippen LogP contribution in [0.2, 0.25) is 0 Å². The van der Waals surface area contributed by atoms with Crippen LogP contribution in [-0.4, -0.2) is 23.6 Å². The van der Waals surface area contributed by atoms with Gasteiger partial charge in [0.2, 0.25) is 0 Å². The van der Waals surface area contributed by atoms with Gasteiger partial charge < -0.3 is 18.6 Å². The number of esters is 2. The number of carbonyl (C=O) groups is 2. The zero-order valence-corrected chi connectivity index (χ0v) is 16.4. The molecule has 7 nitrogen and oxygen atoms in total. The van der Waals surface area contributed by atoms with Crippen molar-refractivity contribution in [3.05, 3.63) is 51.9 Å². The van der Waals surface area contributed by atoms with Crippen molar-refractivity contribution in [2.75, 3.05) is 0 Å². The third kappa shape index (κ3) is 3.65. The van der Waals surface area contributed by atoms with E-state index in [0.29, 0.717) is 27.9 Å². The molecule has 1 aliphatic rings. The molecule has 0 amide bonds. The smallest absolute Gasteiger partial charge is 0.336 e. The number of hydrogen-bond acceptors (Lipinski definition) is 7. The number of hydrogen-bond donors (Lipinski definition) is 0. The Bertz CT molecular complexity index is 1030. The van der Waals surface area contributed by atoms with Gasteiger partial charge in [0.25, 0.3) is 0 Å². The lowest BCUT2D eigenvalue weighted by molar-refractivity contribution is -0.174. The van der Waals surface area contributed by atoms with E-state index in [9.17, 15) is 14.4 Å². The first kappa shape index (κ1) is 19.7. The summed E-state index contributed by atoms with van der Waals surface area (Å²) in [6.45, 7) is 8.08. The molecule has 2 atom stereocenters. The number of benzene rings is 1. The Morgan fingerprint density at radius 3 is 2.54 bits per heavy atom. The van der Waals surface area contributed by atoms with E-state index in [0.717, 1.165) is 0 Å². The second-order valence-corrected chi connectivity index (χ2v) is 7.22. The third-order valence-corrected chi connectivity index (χ3v) is 4.67. The zero-order valence-electron chi connectivity index (χ0n) is 16.4. The van der Waals surface area contributed by atoms with E-state index < -0.39 is 35.4 Å². The van der Waals surface area contributed by atoms with Gasteiger partial charge in [0.1, 0.15) is 16.9 Å². The van der Waals surface area contributed by atoms with Gasteiger partial charge in [-0.05, 0) is 39.8 Å². The molecular weight excluding hydrogens is 364 g/mol. The average molecular weight is 386 g/mol. The van der Waals surface area contributed by atoms with Gasteiger partial charge in [0, 0.05) is 35.6 Å². The summed E-state index contributed by atoms with van der Waals surface area (Å²) >= 11 is 0. The van der Waals surface area contributed by atoms with Crippen molar-refractivity contribution in [2.45, 2.75) is 52.4 Å². The molecule has 1 aliphatic heterocycles. The van der Waals surface area contributed by atoms with Gasteiger partial charge >= 0.3 is 17.6 Å². The molecule has 2 heterocycles. The van der Waals surface area contributed by atoms with Crippen molar-refractivity contribution >= 4 is 22.9 Å². The van der Waals surface area contributed by atoms with E-state index in [1.807, 2.05) is 0 Å². The van der Waals surface area contributed by atoms with Crippen molar-refractivity contribution in [3.8, 4) is 5.75 Å². The average Bonchev–Trinajstić information content (AvgIpc) is 2.96. The van der Waals surface area contributed by atoms with E-state index in [1.54, 1.807) is 52.0 Å². The Balaban J connectivity index is 2.09. The minimum Gasteiger partial charge on any atom is -0.481 e. The molecule has 7 heteroatoms. The topological polar surface area (TPSA) is 92.0 Å². The van der Waals surface area contributed by atoms with Gasteiger partial charge in [0.15, 0.2) is 12.2 Å². The predicted molar refractivity (Wildman–Crippen MR) is 101 cm³/mol. The minimum absolute atomic E-state index is 0.354. The molecule has 2 aromatic rings.